The third-order valence-electron chi connectivity index (χ3n) is 3.33. The van der Waals surface area contributed by atoms with Crippen LogP contribution in [0.2, 0.25) is 0 Å². The van der Waals surface area contributed by atoms with Gasteiger partial charge in [0.2, 0.25) is 0 Å². The fourth-order valence-corrected chi connectivity index (χ4v) is 3.37. The maximum atomic E-state index is 4.27. The summed E-state index contributed by atoms with van der Waals surface area (Å²) in [5.74, 6) is 0. The van der Waals surface area contributed by atoms with E-state index in [0.29, 0.717) is 6.04 Å². The third kappa shape index (κ3) is 3.93. The van der Waals surface area contributed by atoms with Gasteiger partial charge in [-0.3, -0.25) is 9.88 Å². The first-order valence-corrected chi connectivity index (χ1v) is 7.21. The molecule has 3 heterocycles. The zero-order valence-electron chi connectivity index (χ0n) is 11.1. The van der Waals surface area contributed by atoms with Gasteiger partial charge in [0.05, 0.1) is 6.04 Å². The molecule has 0 spiro atoms. The van der Waals surface area contributed by atoms with E-state index in [1.165, 1.54) is 10.4 Å². The van der Waals surface area contributed by atoms with Gasteiger partial charge in [-0.15, -0.1) is 36.2 Å². The van der Waals surface area contributed by atoms with Crippen molar-refractivity contribution in [1.29, 1.82) is 0 Å². The highest BCUT2D eigenvalue weighted by Crippen LogP contribution is 2.31. The zero-order chi connectivity index (χ0) is 12.2. The molecule has 0 aliphatic carbocycles. The van der Waals surface area contributed by atoms with E-state index in [0.717, 1.165) is 26.2 Å². The van der Waals surface area contributed by atoms with Gasteiger partial charge in [0.1, 0.15) is 0 Å². The van der Waals surface area contributed by atoms with Crippen LogP contribution in [0.3, 0.4) is 0 Å². The van der Waals surface area contributed by atoms with E-state index in [1.54, 1.807) is 0 Å². The smallest absolute Gasteiger partial charge is 0.0711 e. The Hall–Kier alpha value is -0.650. The largest absolute Gasteiger partial charge is 0.314 e. The highest BCUT2D eigenvalue weighted by molar-refractivity contribution is 7.10. The maximum Gasteiger partial charge on any atom is 0.0711 e. The summed E-state index contributed by atoms with van der Waals surface area (Å²) in [7, 11) is 0. The Kier molecular flexibility index (Phi) is 7.48. The molecular weight excluding hydrogens is 313 g/mol. The molecule has 0 bridgehead atoms. The van der Waals surface area contributed by atoms with Gasteiger partial charge >= 0.3 is 0 Å². The molecule has 1 aliphatic heterocycles. The minimum atomic E-state index is 0. The third-order valence-corrected chi connectivity index (χ3v) is 4.25. The number of rotatable bonds is 3. The lowest BCUT2D eigenvalue weighted by Gasteiger charge is -2.34. The maximum absolute atomic E-state index is 4.27. The number of halogens is 2. The van der Waals surface area contributed by atoms with Crippen molar-refractivity contribution in [2.24, 2.45) is 0 Å². The zero-order valence-corrected chi connectivity index (χ0v) is 13.5. The van der Waals surface area contributed by atoms with Crippen LogP contribution >= 0.6 is 36.2 Å². The fraction of sp³-hybridized carbons (Fsp3) is 0.357. The molecule has 20 heavy (non-hydrogen) atoms. The summed E-state index contributed by atoms with van der Waals surface area (Å²) in [4.78, 5) is 8.22. The van der Waals surface area contributed by atoms with Gasteiger partial charge in [-0.25, -0.2) is 0 Å². The quantitative estimate of drug-likeness (QED) is 0.937. The lowest BCUT2D eigenvalue weighted by Crippen LogP contribution is -2.45. The Morgan fingerprint density at radius 3 is 2.55 bits per heavy atom. The average molecular weight is 332 g/mol. The number of thiophene rings is 1. The van der Waals surface area contributed by atoms with Crippen molar-refractivity contribution in [2.45, 2.75) is 6.04 Å². The first-order valence-electron chi connectivity index (χ1n) is 6.33. The van der Waals surface area contributed by atoms with E-state index < -0.39 is 0 Å². The summed E-state index contributed by atoms with van der Waals surface area (Å²) in [6.07, 6.45) is 3.83. The second kappa shape index (κ2) is 8.60. The summed E-state index contributed by atoms with van der Waals surface area (Å²) in [6, 6.07) is 8.92. The number of nitrogens with one attached hydrogen (secondary N) is 1. The minimum Gasteiger partial charge on any atom is -0.314 e. The fourth-order valence-electron chi connectivity index (χ4n) is 2.48. The molecule has 3 rings (SSSR count). The molecule has 110 valence electrons. The van der Waals surface area contributed by atoms with Crippen molar-refractivity contribution in [3.8, 4) is 0 Å². The summed E-state index contributed by atoms with van der Waals surface area (Å²) in [5.41, 5.74) is 1.29. The van der Waals surface area contributed by atoms with Crippen molar-refractivity contribution in [3.05, 3.63) is 52.5 Å². The van der Waals surface area contributed by atoms with E-state index in [-0.39, 0.29) is 24.8 Å². The Labute approximate surface area is 136 Å². The van der Waals surface area contributed by atoms with Crippen LogP contribution in [-0.4, -0.2) is 36.1 Å². The van der Waals surface area contributed by atoms with E-state index in [1.807, 2.05) is 29.8 Å². The number of aromatic nitrogens is 1. The molecule has 0 aromatic carbocycles. The first kappa shape index (κ1) is 17.4. The molecule has 1 saturated heterocycles. The molecule has 0 unspecified atom stereocenters. The number of pyridine rings is 1. The molecule has 6 heteroatoms. The van der Waals surface area contributed by atoms with Gasteiger partial charge in [0, 0.05) is 43.4 Å². The Morgan fingerprint density at radius 1 is 1.15 bits per heavy atom. The van der Waals surface area contributed by atoms with Crippen molar-refractivity contribution < 1.29 is 0 Å². The first-order chi connectivity index (χ1) is 8.95. The number of piperazine rings is 1. The molecule has 1 fully saturated rings. The number of hydrogen-bond acceptors (Lipinski definition) is 4. The van der Waals surface area contributed by atoms with Gasteiger partial charge in [0.15, 0.2) is 0 Å². The lowest BCUT2D eigenvalue weighted by molar-refractivity contribution is 0.200. The monoisotopic (exact) mass is 331 g/mol. The molecule has 0 radical (unpaired) electrons. The van der Waals surface area contributed by atoms with Crippen LogP contribution in [0, 0.1) is 0 Å². The highest BCUT2D eigenvalue weighted by Gasteiger charge is 2.24. The predicted octanol–water partition coefficient (Wildman–Crippen LogP) is 2.98. The van der Waals surface area contributed by atoms with E-state index in [9.17, 15) is 0 Å². The van der Waals surface area contributed by atoms with Crippen LogP contribution in [0.4, 0.5) is 0 Å². The van der Waals surface area contributed by atoms with Crippen LogP contribution in [0.25, 0.3) is 0 Å². The minimum absolute atomic E-state index is 0. The lowest BCUT2D eigenvalue weighted by atomic mass is 10.0. The summed E-state index contributed by atoms with van der Waals surface area (Å²) >= 11 is 1.83. The molecule has 2 aromatic heterocycles. The number of hydrogen-bond donors (Lipinski definition) is 1. The van der Waals surface area contributed by atoms with Crippen LogP contribution < -0.4 is 5.32 Å². The van der Waals surface area contributed by atoms with E-state index in [4.69, 9.17) is 0 Å². The van der Waals surface area contributed by atoms with Crippen molar-refractivity contribution in [2.75, 3.05) is 26.2 Å². The average Bonchev–Trinajstić information content (AvgIpc) is 2.95. The summed E-state index contributed by atoms with van der Waals surface area (Å²) in [5, 5.41) is 5.57. The molecule has 1 N–H and O–H groups in total. The molecule has 1 atom stereocenters. The van der Waals surface area contributed by atoms with Crippen molar-refractivity contribution in [3.63, 3.8) is 0 Å². The van der Waals surface area contributed by atoms with E-state index in [2.05, 4.69) is 38.8 Å². The van der Waals surface area contributed by atoms with E-state index >= 15 is 0 Å². The molecule has 3 nitrogen and oxygen atoms in total. The molecule has 0 saturated carbocycles. The van der Waals surface area contributed by atoms with Gasteiger partial charge in [-0.2, -0.15) is 0 Å². The summed E-state index contributed by atoms with van der Waals surface area (Å²) < 4.78 is 0. The second-order valence-electron chi connectivity index (χ2n) is 4.49. The normalized spacial score (nSPS) is 16.8. The highest BCUT2D eigenvalue weighted by atomic mass is 35.5. The Balaban J connectivity index is 0.000001000. The van der Waals surface area contributed by atoms with Crippen molar-refractivity contribution >= 4 is 36.2 Å². The Bertz CT molecular complexity index is 472. The van der Waals surface area contributed by atoms with Gasteiger partial charge in [0.25, 0.3) is 0 Å². The topological polar surface area (TPSA) is 28.2 Å². The van der Waals surface area contributed by atoms with Gasteiger partial charge in [-0.05, 0) is 23.1 Å². The van der Waals surface area contributed by atoms with Crippen LogP contribution in [-0.2, 0) is 0 Å². The molecule has 2 aromatic rings. The molecule has 0 amide bonds. The van der Waals surface area contributed by atoms with Crippen LogP contribution in [0.1, 0.15) is 16.5 Å². The van der Waals surface area contributed by atoms with Gasteiger partial charge < -0.3 is 5.32 Å². The number of nitrogens with zero attached hydrogens (tertiary/aromatic N) is 2. The standard InChI is InChI=1S/C14H17N3S.2ClH/c1-3-12(11-16-5-1)14(13-4-2-10-18-13)17-8-6-15-7-9-17;;/h1-5,10-11,14-15H,6-9H2;2*1H/t14-;;/m0../s1. The van der Waals surface area contributed by atoms with Crippen LogP contribution in [0.5, 0.6) is 0 Å². The molecule has 1 aliphatic rings. The Morgan fingerprint density at radius 2 is 1.95 bits per heavy atom. The van der Waals surface area contributed by atoms with Crippen molar-refractivity contribution in [1.82, 2.24) is 15.2 Å². The van der Waals surface area contributed by atoms with Gasteiger partial charge in [-0.1, -0.05) is 12.1 Å². The SMILES string of the molecule is Cl.Cl.c1cncc([C@@H](c2cccs2)N2CCNCC2)c1. The summed E-state index contributed by atoms with van der Waals surface area (Å²) in [6.45, 7) is 4.33. The van der Waals surface area contributed by atoms with Crippen LogP contribution in [0.15, 0.2) is 42.0 Å². The molecular formula is C14H19Cl2N3S. The second-order valence-corrected chi connectivity index (χ2v) is 5.47. The predicted molar refractivity (Wildman–Crippen MR) is 89.3 cm³/mol.